The smallest absolute Gasteiger partial charge is 0.225 e. The van der Waals surface area contributed by atoms with Crippen molar-refractivity contribution in [3.8, 4) is 0 Å². The number of carbonyl (C=O) groups excluding carboxylic acids is 2. The Bertz CT molecular complexity index is 349. The summed E-state index contributed by atoms with van der Waals surface area (Å²) in [5.41, 5.74) is 0. The Morgan fingerprint density at radius 2 is 2.14 bits per heavy atom. The molecule has 1 aliphatic heterocycles. The van der Waals surface area contributed by atoms with Crippen molar-refractivity contribution < 1.29 is 19.1 Å². The summed E-state index contributed by atoms with van der Waals surface area (Å²) < 4.78 is 10.5. The highest BCUT2D eigenvalue weighted by Crippen LogP contribution is 2.20. The molecule has 0 aromatic heterocycles. The third-order valence-corrected chi connectivity index (χ3v) is 3.88. The van der Waals surface area contributed by atoms with Gasteiger partial charge in [0.2, 0.25) is 11.8 Å². The number of unbranched alkanes of at least 4 members (excludes halogenated alkanes) is 1. The molecule has 1 rings (SSSR count). The van der Waals surface area contributed by atoms with Crippen LogP contribution < -0.4 is 5.32 Å². The molecule has 0 aliphatic carbocycles. The van der Waals surface area contributed by atoms with Crippen LogP contribution in [0.15, 0.2) is 0 Å². The number of likely N-dealkylation sites (tertiary alicyclic amines) is 1. The summed E-state index contributed by atoms with van der Waals surface area (Å²) in [5, 5.41) is 2.90. The van der Waals surface area contributed by atoms with Crippen molar-refractivity contribution in [3.63, 3.8) is 0 Å². The Labute approximate surface area is 133 Å². The zero-order chi connectivity index (χ0) is 16.4. The van der Waals surface area contributed by atoms with E-state index >= 15 is 0 Å². The summed E-state index contributed by atoms with van der Waals surface area (Å²) in [5.74, 6) is -0.241. The van der Waals surface area contributed by atoms with Crippen molar-refractivity contribution in [2.75, 3.05) is 40.0 Å². The van der Waals surface area contributed by atoms with E-state index in [2.05, 4.69) is 12.2 Å². The molecule has 1 aliphatic rings. The van der Waals surface area contributed by atoms with E-state index in [1.807, 2.05) is 6.92 Å². The number of amides is 2. The van der Waals surface area contributed by atoms with Crippen LogP contribution in [-0.4, -0.2) is 62.8 Å². The number of nitrogens with zero attached hydrogens (tertiary/aromatic N) is 1. The molecule has 0 saturated carbocycles. The lowest BCUT2D eigenvalue weighted by Crippen LogP contribution is -2.39. The highest BCUT2D eigenvalue weighted by atomic mass is 16.5. The van der Waals surface area contributed by atoms with Crippen LogP contribution in [0.4, 0.5) is 0 Å². The number of rotatable bonds is 11. The van der Waals surface area contributed by atoms with Crippen molar-refractivity contribution in [2.24, 2.45) is 5.92 Å². The molecule has 0 radical (unpaired) electrons. The molecule has 6 heteroatoms. The lowest BCUT2D eigenvalue weighted by molar-refractivity contribution is -0.130. The van der Waals surface area contributed by atoms with Gasteiger partial charge in [0.05, 0.1) is 18.6 Å². The molecule has 1 fully saturated rings. The summed E-state index contributed by atoms with van der Waals surface area (Å²) in [7, 11) is 1.61. The average Bonchev–Trinajstić information content (AvgIpc) is 2.88. The molecule has 6 nitrogen and oxygen atoms in total. The number of nitrogens with one attached hydrogen (secondary N) is 1. The minimum atomic E-state index is -0.243. The van der Waals surface area contributed by atoms with E-state index in [9.17, 15) is 9.59 Å². The van der Waals surface area contributed by atoms with Crippen LogP contribution in [0.25, 0.3) is 0 Å². The summed E-state index contributed by atoms with van der Waals surface area (Å²) in [6.45, 7) is 7.11. The van der Waals surface area contributed by atoms with E-state index in [1.54, 1.807) is 12.0 Å². The molecule has 22 heavy (non-hydrogen) atoms. The Morgan fingerprint density at radius 3 is 2.82 bits per heavy atom. The van der Waals surface area contributed by atoms with E-state index in [0.29, 0.717) is 32.7 Å². The van der Waals surface area contributed by atoms with Gasteiger partial charge in [-0.3, -0.25) is 9.59 Å². The van der Waals surface area contributed by atoms with Crippen molar-refractivity contribution in [2.45, 2.75) is 45.6 Å². The Balaban J connectivity index is 2.19. The van der Waals surface area contributed by atoms with E-state index in [4.69, 9.17) is 9.47 Å². The second-order valence-corrected chi connectivity index (χ2v) is 5.86. The quantitative estimate of drug-likeness (QED) is 0.582. The molecule has 1 saturated heterocycles. The molecular weight excluding hydrogens is 284 g/mol. The van der Waals surface area contributed by atoms with E-state index in [-0.39, 0.29) is 23.8 Å². The first-order valence-corrected chi connectivity index (χ1v) is 8.24. The maximum atomic E-state index is 12.1. The summed E-state index contributed by atoms with van der Waals surface area (Å²) in [6.07, 6.45) is 3.31. The maximum Gasteiger partial charge on any atom is 0.225 e. The third-order valence-electron chi connectivity index (χ3n) is 3.88. The van der Waals surface area contributed by atoms with Crippen molar-refractivity contribution in [3.05, 3.63) is 0 Å². The number of methoxy groups -OCH3 is 1. The molecule has 0 spiro atoms. The van der Waals surface area contributed by atoms with Gasteiger partial charge in [-0.25, -0.2) is 0 Å². The van der Waals surface area contributed by atoms with E-state index < -0.39 is 0 Å². The second kappa shape index (κ2) is 10.6. The van der Waals surface area contributed by atoms with Gasteiger partial charge in [0, 0.05) is 39.8 Å². The fourth-order valence-corrected chi connectivity index (χ4v) is 2.54. The van der Waals surface area contributed by atoms with Gasteiger partial charge in [-0.05, 0) is 19.8 Å². The van der Waals surface area contributed by atoms with Crippen molar-refractivity contribution in [1.29, 1.82) is 0 Å². The van der Waals surface area contributed by atoms with Crippen LogP contribution in [0.2, 0.25) is 0 Å². The van der Waals surface area contributed by atoms with Gasteiger partial charge in [-0.1, -0.05) is 13.3 Å². The van der Waals surface area contributed by atoms with Crippen LogP contribution in [-0.2, 0) is 19.1 Å². The topological polar surface area (TPSA) is 67.9 Å². The summed E-state index contributed by atoms with van der Waals surface area (Å²) >= 11 is 0. The predicted molar refractivity (Wildman–Crippen MR) is 84.5 cm³/mol. The first-order chi connectivity index (χ1) is 10.6. The number of hydrogen-bond donors (Lipinski definition) is 1. The number of ether oxygens (including phenoxy) is 2. The van der Waals surface area contributed by atoms with Gasteiger partial charge in [0.1, 0.15) is 0 Å². The lowest BCUT2D eigenvalue weighted by atomic mass is 10.1. The fourth-order valence-electron chi connectivity index (χ4n) is 2.54. The minimum Gasteiger partial charge on any atom is -0.383 e. The van der Waals surface area contributed by atoms with Crippen LogP contribution in [0, 0.1) is 5.92 Å². The van der Waals surface area contributed by atoms with Crippen LogP contribution in [0.1, 0.15) is 39.5 Å². The van der Waals surface area contributed by atoms with Gasteiger partial charge >= 0.3 is 0 Å². The van der Waals surface area contributed by atoms with E-state index in [0.717, 1.165) is 25.9 Å². The van der Waals surface area contributed by atoms with Crippen molar-refractivity contribution >= 4 is 11.8 Å². The SMILES string of the molecule is CCCCOCCCNC(=O)[C@H]1CC(=O)N([C@@H](C)COC)C1. The molecule has 2 atom stereocenters. The lowest BCUT2D eigenvalue weighted by Gasteiger charge is -2.23. The van der Waals surface area contributed by atoms with Gasteiger partial charge in [-0.2, -0.15) is 0 Å². The van der Waals surface area contributed by atoms with Crippen LogP contribution >= 0.6 is 0 Å². The Hall–Kier alpha value is -1.14. The monoisotopic (exact) mass is 314 g/mol. The molecule has 2 amide bonds. The summed E-state index contributed by atoms with van der Waals surface area (Å²) in [4.78, 5) is 25.8. The average molecular weight is 314 g/mol. The largest absolute Gasteiger partial charge is 0.383 e. The van der Waals surface area contributed by atoms with Crippen LogP contribution in [0.3, 0.4) is 0 Å². The van der Waals surface area contributed by atoms with Crippen molar-refractivity contribution in [1.82, 2.24) is 10.2 Å². The standard InChI is InChI=1S/C16H30N2O4/c1-4-5-8-22-9-6-7-17-16(20)14-10-15(19)18(11-14)13(2)12-21-3/h13-14H,4-12H2,1-3H3,(H,17,20)/t13-,14-/m0/s1. The molecule has 0 bridgehead atoms. The maximum absolute atomic E-state index is 12.1. The first kappa shape index (κ1) is 18.9. The number of carbonyl (C=O) groups is 2. The highest BCUT2D eigenvalue weighted by molar-refractivity contribution is 5.89. The Morgan fingerprint density at radius 1 is 1.41 bits per heavy atom. The van der Waals surface area contributed by atoms with Gasteiger partial charge < -0.3 is 19.7 Å². The molecule has 0 unspecified atom stereocenters. The van der Waals surface area contributed by atoms with E-state index in [1.165, 1.54) is 0 Å². The fraction of sp³-hybridized carbons (Fsp3) is 0.875. The van der Waals surface area contributed by atoms with Crippen LogP contribution in [0.5, 0.6) is 0 Å². The van der Waals surface area contributed by atoms with Gasteiger partial charge in [0.15, 0.2) is 0 Å². The molecule has 1 heterocycles. The normalized spacial score (nSPS) is 19.5. The first-order valence-electron chi connectivity index (χ1n) is 8.24. The third kappa shape index (κ3) is 6.32. The molecular formula is C16H30N2O4. The molecule has 0 aromatic carbocycles. The highest BCUT2D eigenvalue weighted by Gasteiger charge is 2.36. The minimum absolute atomic E-state index is 0.0160. The number of hydrogen-bond acceptors (Lipinski definition) is 4. The predicted octanol–water partition coefficient (Wildman–Crippen LogP) is 1.19. The zero-order valence-corrected chi connectivity index (χ0v) is 14.1. The summed E-state index contributed by atoms with van der Waals surface area (Å²) in [6, 6.07) is 0.0160. The molecule has 0 aromatic rings. The van der Waals surface area contributed by atoms with Gasteiger partial charge in [0.25, 0.3) is 0 Å². The van der Waals surface area contributed by atoms with Gasteiger partial charge in [-0.15, -0.1) is 0 Å². The Kier molecular flexibility index (Phi) is 9.08. The molecule has 128 valence electrons. The molecule has 1 N–H and O–H groups in total. The second-order valence-electron chi connectivity index (χ2n) is 5.86. The zero-order valence-electron chi connectivity index (χ0n) is 14.1.